The van der Waals surface area contributed by atoms with Crippen molar-refractivity contribution < 1.29 is 13.2 Å². The van der Waals surface area contributed by atoms with E-state index in [1.165, 1.54) is 5.56 Å². The van der Waals surface area contributed by atoms with Gasteiger partial charge in [0.05, 0.1) is 12.9 Å². The molecule has 5 nitrogen and oxygen atoms in total. The number of hydrogen-bond acceptors (Lipinski definition) is 4. The Kier molecular flexibility index (Phi) is 6.98. The topological polar surface area (TPSA) is 67.4 Å². The Morgan fingerprint density at radius 3 is 2.45 bits per heavy atom. The highest BCUT2D eigenvalue weighted by atomic mass is 32.2. The molecule has 0 bridgehead atoms. The maximum absolute atomic E-state index is 11.5. The van der Waals surface area contributed by atoms with Crippen LogP contribution in [-0.2, 0) is 16.4 Å². The third-order valence-electron chi connectivity index (χ3n) is 2.93. The van der Waals surface area contributed by atoms with Crippen LogP contribution in [0, 0.1) is 0 Å². The van der Waals surface area contributed by atoms with Crippen molar-refractivity contribution in [1.82, 2.24) is 10.0 Å². The number of nitrogens with one attached hydrogen (secondary N) is 2. The normalized spacial score (nSPS) is 13.2. The molecule has 0 spiro atoms. The molecule has 1 rings (SSSR count). The van der Waals surface area contributed by atoms with Gasteiger partial charge in [0.1, 0.15) is 5.75 Å². The summed E-state index contributed by atoms with van der Waals surface area (Å²) in [6, 6.07) is 8.12. The fourth-order valence-electron chi connectivity index (χ4n) is 1.92. The molecule has 0 radical (unpaired) electrons. The van der Waals surface area contributed by atoms with Gasteiger partial charge in [-0.1, -0.05) is 19.1 Å². The van der Waals surface area contributed by atoms with Gasteiger partial charge in [-0.15, -0.1) is 0 Å². The Labute approximate surface area is 121 Å². The molecule has 0 aliphatic heterocycles. The van der Waals surface area contributed by atoms with Crippen LogP contribution in [0.2, 0.25) is 0 Å². The fourth-order valence-corrected chi connectivity index (χ4v) is 2.89. The zero-order valence-electron chi connectivity index (χ0n) is 12.3. The minimum Gasteiger partial charge on any atom is -0.497 e. The smallest absolute Gasteiger partial charge is 0.212 e. The van der Waals surface area contributed by atoms with Crippen molar-refractivity contribution in [3.05, 3.63) is 29.8 Å². The number of ether oxygens (including phenoxy) is 1. The van der Waals surface area contributed by atoms with Crippen LogP contribution in [0.5, 0.6) is 5.75 Å². The predicted octanol–water partition coefficient (Wildman–Crippen LogP) is 1.16. The summed E-state index contributed by atoms with van der Waals surface area (Å²) in [5, 5.41) is 3.22. The summed E-state index contributed by atoms with van der Waals surface area (Å²) in [6.07, 6.45) is 0.852. The average Bonchev–Trinajstić information content (AvgIpc) is 2.39. The first-order chi connectivity index (χ1) is 9.46. The summed E-state index contributed by atoms with van der Waals surface area (Å²) in [5.74, 6) is 0.944. The van der Waals surface area contributed by atoms with Gasteiger partial charge in [-0.2, -0.15) is 0 Å². The largest absolute Gasteiger partial charge is 0.497 e. The molecular weight excluding hydrogens is 276 g/mol. The van der Waals surface area contributed by atoms with E-state index in [9.17, 15) is 8.42 Å². The van der Waals surface area contributed by atoms with E-state index in [2.05, 4.69) is 10.0 Å². The second kappa shape index (κ2) is 8.24. The average molecular weight is 300 g/mol. The number of sulfonamides is 1. The van der Waals surface area contributed by atoms with Gasteiger partial charge in [0.2, 0.25) is 10.0 Å². The van der Waals surface area contributed by atoms with Crippen molar-refractivity contribution in [1.29, 1.82) is 0 Å². The van der Waals surface area contributed by atoms with Gasteiger partial charge >= 0.3 is 0 Å². The lowest BCUT2D eigenvalue weighted by atomic mass is 10.1. The van der Waals surface area contributed by atoms with E-state index in [1.54, 1.807) is 14.0 Å². The lowest BCUT2D eigenvalue weighted by molar-refractivity contribution is 0.414. The van der Waals surface area contributed by atoms with Gasteiger partial charge in [-0.3, -0.25) is 0 Å². The standard InChI is InChI=1S/C14H24N2O3S/c1-4-16-20(17,18)10-9-15-12(2)11-13-5-7-14(19-3)8-6-13/h5-8,12,15-16H,4,9-11H2,1-3H3. The number of methoxy groups -OCH3 is 1. The Balaban J connectivity index is 2.34. The van der Waals surface area contributed by atoms with Gasteiger partial charge in [0, 0.05) is 19.1 Å². The quantitative estimate of drug-likeness (QED) is 0.718. The zero-order chi connectivity index (χ0) is 15.0. The van der Waals surface area contributed by atoms with E-state index in [4.69, 9.17) is 4.74 Å². The SMILES string of the molecule is CCNS(=O)(=O)CCNC(C)Cc1ccc(OC)cc1. The summed E-state index contributed by atoms with van der Waals surface area (Å²) in [4.78, 5) is 0. The van der Waals surface area contributed by atoms with Gasteiger partial charge < -0.3 is 10.1 Å². The molecule has 0 amide bonds. The van der Waals surface area contributed by atoms with Crippen LogP contribution < -0.4 is 14.8 Å². The van der Waals surface area contributed by atoms with Crippen LogP contribution in [0.15, 0.2) is 24.3 Å². The second-order valence-electron chi connectivity index (χ2n) is 4.72. The van der Waals surface area contributed by atoms with Crippen LogP contribution in [0.4, 0.5) is 0 Å². The molecule has 2 N–H and O–H groups in total. The number of hydrogen-bond donors (Lipinski definition) is 2. The van der Waals surface area contributed by atoms with Gasteiger partial charge in [-0.25, -0.2) is 13.1 Å². The Morgan fingerprint density at radius 1 is 1.25 bits per heavy atom. The van der Waals surface area contributed by atoms with Crippen LogP contribution in [-0.4, -0.2) is 40.4 Å². The lowest BCUT2D eigenvalue weighted by Gasteiger charge is -2.14. The molecule has 114 valence electrons. The predicted molar refractivity (Wildman–Crippen MR) is 81.6 cm³/mol. The molecule has 1 atom stereocenters. The van der Waals surface area contributed by atoms with Crippen molar-refractivity contribution in [2.24, 2.45) is 0 Å². The van der Waals surface area contributed by atoms with E-state index in [0.29, 0.717) is 13.1 Å². The first-order valence-electron chi connectivity index (χ1n) is 6.80. The third-order valence-corrected chi connectivity index (χ3v) is 4.40. The summed E-state index contributed by atoms with van der Waals surface area (Å²) < 4.78 is 30.5. The van der Waals surface area contributed by atoms with E-state index in [0.717, 1.165) is 12.2 Å². The van der Waals surface area contributed by atoms with E-state index in [1.807, 2.05) is 31.2 Å². The van der Waals surface area contributed by atoms with Crippen molar-refractivity contribution in [3.8, 4) is 5.75 Å². The van der Waals surface area contributed by atoms with Crippen molar-refractivity contribution in [3.63, 3.8) is 0 Å². The zero-order valence-corrected chi connectivity index (χ0v) is 13.2. The van der Waals surface area contributed by atoms with Crippen LogP contribution in [0.1, 0.15) is 19.4 Å². The van der Waals surface area contributed by atoms with Crippen molar-refractivity contribution in [2.75, 3.05) is 26.0 Å². The van der Waals surface area contributed by atoms with Crippen LogP contribution in [0.25, 0.3) is 0 Å². The molecule has 0 aliphatic rings. The first kappa shape index (κ1) is 16.9. The van der Waals surface area contributed by atoms with Crippen molar-refractivity contribution >= 4 is 10.0 Å². The maximum atomic E-state index is 11.5. The Hall–Kier alpha value is -1.11. The molecule has 1 aromatic rings. The molecule has 0 aromatic heterocycles. The Morgan fingerprint density at radius 2 is 1.90 bits per heavy atom. The molecule has 20 heavy (non-hydrogen) atoms. The van der Waals surface area contributed by atoms with E-state index < -0.39 is 10.0 Å². The monoisotopic (exact) mass is 300 g/mol. The number of rotatable bonds is 9. The molecule has 1 aromatic carbocycles. The van der Waals surface area contributed by atoms with Gasteiger partial charge in [0.25, 0.3) is 0 Å². The fraction of sp³-hybridized carbons (Fsp3) is 0.571. The Bertz CT molecular complexity index is 486. The molecule has 0 fully saturated rings. The van der Waals surface area contributed by atoms with E-state index >= 15 is 0 Å². The molecule has 0 saturated heterocycles. The molecular formula is C14H24N2O3S. The summed E-state index contributed by atoms with van der Waals surface area (Å²) in [6.45, 7) is 4.71. The molecule has 0 aliphatic carbocycles. The highest BCUT2D eigenvalue weighted by Crippen LogP contribution is 2.12. The number of benzene rings is 1. The highest BCUT2D eigenvalue weighted by molar-refractivity contribution is 7.89. The summed E-state index contributed by atoms with van der Waals surface area (Å²) >= 11 is 0. The first-order valence-corrected chi connectivity index (χ1v) is 8.45. The van der Waals surface area contributed by atoms with E-state index in [-0.39, 0.29) is 11.8 Å². The summed E-state index contributed by atoms with van der Waals surface area (Å²) in [7, 11) is -1.50. The summed E-state index contributed by atoms with van der Waals surface area (Å²) in [5.41, 5.74) is 1.19. The second-order valence-corrected chi connectivity index (χ2v) is 6.65. The molecule has 1 unspecified atom stereocenters. The molecule has 0 heterocycles. The van der Waals surface area contributed by atoms with Crippen LogP contribution >= 0.6 is 0 Å². The molecule has 0 saturated carbocycles. The van der Waals surface area contributed by atoms with Crippen LogP contribution in [0.3, 0.4) is 0 Å². The highest BCUT2D eigenvalue weighted by Gasteiger charge is 2.09. The molecule has 6 heteroatoms. The third kappa shape index (κ3) is 6.36. The minimum atomic E-state index is -3.14. The van der Waals surface area contributed by atoms with Crippen molar-refractivity contribution in [2.45, 2.75) is 26.3 Å². The lowest BCUT2D eigenvalue weighted by Crippen LogP contribution is -2.36. The minimum absolute atomic E-state index is 0.105. The van der Waals surface area contributed by atoms with Gasteiger partial charge in [-0.05, 0) is 31.0 Å². The van der Waals surface area contributed by atoms with Gasteiger partial charge in [0.15, 0.2) is 0 Å². The maximum Gasteiger partial charge on any atom is 0.212 e.